The molecule has 0 rings (SSSR count). The average molecular weight is 174 g/mol. The molecule has 0 spiro atoms. The Hall–Kier alpha value is -0.550. The summed E-state index contributed by atoms with van der Waals surface area (Å²) < 4.78 is 10.7. The molecule has 1 atom stereocenters. The van der Waals surface area contributed by atoms with Crippen LogP contribution in [0.25, 0.3) is 0 Å². The molecule has 0 fully saturated rings. The molecule has 0 saturated carbocycles. The van der Waals surface area contributed by atoms with Crippen LogP contribution in [-0.4, -0.2) is 15.4 Å². The molecular weight excluding hydrogens is 163 g/mol. The van der Waals surface area contributed by atoms with E-state index in [1.54, 1.807) is 0 Å². The van der Waals surface area contributed by atoms with Crippen LogP contribution in [0.4, 0.5) is 0 Å². The molecule has 2 N–H and O–H groups in total. The number of rotatable bonds is 4. The molecular formula is C7H11O3P. The van der Waals surface area contributed by atoms with Gasteiger partial charge in [0.1, 0.15) is 0 Å². The summed E-state index contributed by atoms with van der Waals surface area (Å²) in [7, 11) is -4.02. The van der Waals surface area contributed by atoms with Gasteiger partial charge in [0.25, 0.3) is 0 Å². The highest BCUT2D eigenvalue weighted by Gasteiger charge is 2.26. The first-order valence-corrected chi connectivity index (χ1v) is 4.80. The topological polar surface area (TPSA) is 57.5 Å². The second-order valence-corrected chi connectivity index (χ2v) is 4.08. The Morgan fingerprint density at radius 2 is 2.27 bits per heavy atom. The Bertz CT molecular complexity index is 210. The number of terminal acetylenes is 1. The minimum atomic E-state index is -4.02. The van der Waals surface area contributed by atoms with Crippen molar-refractivity contribution in [2.75, 3.05) is 0 Å². The Labute approximate surface area is 66.3 Å². The third-order valence-electron chi connectivity index (χ3n) is 1.27. The molecule has 0 aromatic rings. The zero-order chi connectivity index (χ0) is 8.91. The van der Waals surface area contributed by atoms with E-state index in [2.05, 4.69) is 12.5 Å². The van der Waals surface area contributed by atoms with Crippen LogP contribution in [0.15, 0.2) is 12.7 Å². The van der Waals surface area contributed by atoms with Crippen molar-refractivity contribution < 1.29 is 14.4 Å². The lowest BCUT2D eigenvalue weighted by Gasteiger charge is -2.12. The van der Waals surface area contributed by atoms with Crippen LogP contribution in [0.1, 0.15) is 12.8 Å². The summed E-state index contributed by atoms with van der Waals surface area (Å²) in [5.74, 6) is 2.22. The normalized spacial score (nSPS) is 13.5. The molecule has 0 saturated heterocycles. The quantitative estimate of drug-likeness (QED) is 0.381. The molecule has 4 heteroatoms. The third-order valence-corrected chi connectivity index (χ3v) is 2.61. The molecule has 1 unspecified atom stereocenters. The lowest BCUT2D eigenvalue weighted by atomic mass is 10.2. The van der Waals surface area contributed by atoms with Gasteiger partial charge < -0.3 is 9.79 Å². The van der Waals surface area contributed by atoms with Gasteiger partial charge in [-0.25, -0.2) is 0 Å². The lowest BCUT2D eigenvalue weighted by molar-refractivity contribution is 0.358. The smallest absolute Gasteiger partial charge is 0.324 e. The van der Waals surface area contributed by atoms with Crippen LogP contribution in [0.5, 0.6) is 0 Å². The van der Waals surface area contributed by atoms with E-state index >= 15 is 0 Å². The van der Waals surface area contributed by atoms with E-state index in [0.29, 0.717) is 0 Å². The summed E-state index contributed by atoms with van der Waals surface area (Å²) in [6.45, 7) is 3.38. The Morgan fingerprint density at radius 1 is 1.73 bits per heavy atom. The van der Waals surface area contributed by atoms with E-state index in [1.165, 1.54) is 6.08 Å². The standard InChI is InChI=1S/C7H11O3P/c1-3-5-7(6-4-2)11(8,9)10/h1,4,7H,2,5-6H2,(H2,8,9,10). The van der Waals surface area contributed by atoms with E-state index in [9.17, 15) is 4.57 Å². The van der Waals surface area contributed by atoms with Gasteiger partial charge in [0.15, 0.2) is 0 Å². The zero-order valence-corrected chi connectivity index (χ0v) is 7.00. The fourth-order valence-corrected chi connectivity index (χ4v) is 1.43. The molecule has 0 heterocycles. The Morgan fingerprint density at radius 3 is 2.55 bits per heavy atom. The summed E-state index contributed by atoms with van der Waals surface area (Å²) in [6, 6.07) is 0. The van der Waals surface area contributed by atoms with Crippen LogP contribution in [-0.2, 0) is 4.57 Å². The molecule has 3 nitrogen and oxygen atoms in total. The van der Waals surface area contributed by atoms with E-state index in [1.807, 2.05) is 0 Å². The van der Waals surface area contributed by atoms with Gasteiger partial charge in [-0.1, -0.05) is 6.08 Å². The van der Waals surface area contributed by atoms with Crippen molar-refractivity contribution in [1.82, 2.24) is 0 Å². The molecule has 62 valence electrons. The Balaban J connectivity index is 4.24. The summed E-state index contributed by atoms with van der Waals surface area (Å²) in [4.78, 5) is 17.4. The van der Waals surface area contributed by atoms with Gasteiger partial charge in [-0.15, -0.1) is 18.9 Å². The number of hydrogen-bond donors (Lipinski definition) is 2. The fourth-order valence-electron chi connectivity index (χ4n) is 0.668. The molecule has 0 aliphatic rings. The highest BCUT2D eigenvalue weighted by molar-refractivity contribution is 7.52. The second-order valence-electron chi connectivity index (χ2n) is 2.18. The van der Waals surface area contributed by atoms with Gasteiger partial charge in [-0.3, -0.25) is 4.57 Å². The van der Waals surface area contributed by atoms with Crippen molar-refractivity contribution in [3.63, 3.8) is 0 Å². The SMILES string of the molecule is C#CCC(CC=C)P(=O)(O)O. The van der Waals surface area contributed by atoms with Crippen molar-refractivity contribution in [1.29, 1.82) is 0 Å². The molecule has 0 radical (unpaired) electrons. The maximum Gasteiger partial charge on any atom is 0.329 e. The maximum absolute atomic E-state index is 10.7. The first-order valence-electron chi connectivity index (χ1n) is 3.12. The fraction of sp³-hybridized carbons (Fsp3) is 0.429. The maximum atomic E-state index is 10.7. The van der Waals surface area contributed by atoms with Crippen LogP contribution in [0, 0.1) is 12.3 Å². The van der Waals surface area contributed by atoms with Gasteiger partial charge in [-0.2, -0.15) is 0 Å². The van der Waals surface area contributed by atoms with E-state index in [0.717, 1.165) is 0 Å². The van der Waals surface area contributed by atoms with Gasteiger partial charge in [0.2, 0.25) is 0 Å². The van der Waals surface area contributed by atoms with E-state index < -0.39 is 13.3 Å². The first kappa shape index (κ1) is 10.4. The summed E-state index contributed by atoms with van der Waals surface area (Å²) in [5.41, 5.74) is -0.759. The van der Waals surface area contributed by atoms with Crippen LogP contribution in [0.3, 0.4) is 0 Å². The summed E-state index contributed by atoms with van der Waals surface area (Å²) >= 11 is 0. The molecule has 0 bridgehead atoms. The van der Waals surface area contributed by atoms with Gasteiger partial charge in [0.05, 0.1) is 5.66 Å². The van der Waals surface area contributed by atoms with Crippen molar-refractivity contribution in [3.8, 4) is 12.3 Å². The average Bonchev–Trinajstić information content (AvgIpc) is 1.85. The van der Waals surface area contributed by atoms with Crippen LogP contribution < -0.4 is 0 Å². The largest absolute Gasteiger partial charge is 0.329 e. The first-order chi connectivity index (χ1) is 5.02. The van der Waals surface area contributed by atoms with Crippen molar-refractivity contribution in [3.05, 3.63) is 12.7 Å². The Kier molecular flexibility index (Phi) is 4.14. The van der Waals surface area contributed by atoms with Crippen molar-refractivity contribution >= 4 is 7.60 Å². The van der Waals surface area contributed by atoms with E-state index in [-0.39, 0.29) is 12.8 Å². The molecule has 0 amide bonds. The minimum Gasteiger partial charge on any atom is -0.324 e. The molecule has 0 aliphatic carbocycles. The molecule has 0 aromatic carbocycles. The van der Waals surface area contributed by atoms with Crippen LogP contribution >= 0.6 is 7.60 Å². The predicted molar refractivity (Wildman–Crippen MR) is 44.1 cm³/mol. The number of allylic oxidation sites excluding steroid dienone is 1. The van der Waals surface area contributed by atoms with Gasteiger partial charge >= 0.3 is 7.60 Å². The lowest BCUT2D eigenvalue weighted by Crippen LogP contribution is -2.05. The van der Waals surface area contributed by atoms with Crippen LogP contribution in [0.2, 0.25) is 0 Å². The van der Waals surface area contributed by atoms with Gasteiger partial charge in [-0.05, 0) is 6.42 Å². The highest BCUT2D eigenvalue weighted by atomic mass is 31.2. The third kappa shape index (κ3) is 4.00. The van der Waals surface area contributed by atoms with Gasteiger partial charge in [0, 0.05) is 6.42 Å². The second kappa shape index (κ2) is 4.35. The van der Waals surface area contributed by atoms with Crippen molar-refractivity contribution in [2.45, 2.75) is 18.5 Å². The molecule has 0 aliphatic heterocycles. The van der Waals surface area contributed by atoms with E-state index in [4.69, 9.17) is 16.2 Å². The highest BCUT2D eigenvalue weighted by Crippen LogP contribution is 2.44. The summed E-state index contributed by atoms with van der Waals surface area (Å²) in [5, 5.41) is 0. The minimum absolute atomic E-state index is 0.0935. The monoisotopic (exact) mass is 174 g/mol. The predicted octanol–water partition coefficient (Wildman–Crippen LogP) is 1.13. The summed E-state index contributed by atoms with van der Waals surface area (Å²) in [6.07, 6.45) is 6.74. The van der Waals surface area contributed by atoms with Crippen molar-refractivity contribution in [2.24, 2.45) is 0 Å². The zero-order valence-electron chi connectivity index (χ0n) is 6.10. The number of hydrogen-bond acceptors (Lipinski definition) is 1. The molecule has 11 heavy (non-hydrogen) atoms. The molecule has 0 aromatic heterocycles.